The largest absolute Gasteiger partial charge is 0.399 e. The minimum atomic E-state index is -3.48. The SMILES string of the molecule is Cc1cc(N)ccc1S(=O)(=O)NC1CCOC1. The van der Waals surface area contributed by atoms with Gasteiger partial charge in [-0.1, -0.05) is 0 Å². The predicted molar refractivity (Wildman–Crippen MR) is 65.1 cm³/mol. The number of hydrogen-bond donors (Lipinski definition) is 2. The summed E-state index contributed by atoms with van der Waals surface area (Å²) in [5.41, 5.74) is 6.81. The zero-order valence-electron chi connectivity index (χ0n) is 9.64. The number of anilines is 1. The van der Waals surface area contributed by atoms with Gasteiger partial charge in [0.2, 0.25) is 10.0 Å². The monoisotopic (exact) mass is 256 g/mol. The van der Waals surface area contributed by atoms with Crippen molar-refractivity contribution in [2.75, 3.05) is 18.9 Å². The number of aryl methyl sites for hydroxylation is 1. The van der Waals surface area contributed by atoms with E-state index in [-0.39, 0.29) is 10.9 Å². The molecular formula is C11H16N2O3S. The smallest absolute Gasteiger partial charge is 0.241 e. The van der Waals surface area contributed by atoms with Crippen molar-refractivity contribution in [3.8, 4) is 0 Å². The first kappa shape index (κ1) is 12.3. The van der Waals surface area contributed by atoms with Gasteiger partial charge in [0.05, 0.1) is 11.5 Å². The number of rotatable bonds is 3. The topological polar surface area (TPSA) is 81.4 Å². The number of nitrogen functional groups attached to an aromatic ring is 1. The highest BCUT2D eigenvalue weighted by Crippen LogP contribution is 2.19. The van der Waals surface area contributed by atoms with Crippen LogP contribution in [0.3, 0.4) is 0 Å². The maximum Gasteiger partial charge on any atom is 0.241 e. The van der Waals surface area contributed by atoms with E-state index in [1.165, 1.54) is 6.07 Å². The lowest BCUT2D eigenvalue weighted by Crippen LogP contribution is -2.35. The zero-order chi connectivity index (χ0) is 12.5. The van der Waals surface area contributed by atoms with Crippen LogP contribution in [0, 0.1) is 6.92 Å². The molecule has 5 nitrogen and oxygen atoms in total. The Balaban J connectivity index is 2.24. The van der Waals surface area contributed by atoms with Gasteiger partial charge in [-0.2, -0.15) is 0 Å². The van der Waals surface area contributed by atoms with E-state index in [4.69, 9.17) is 10.5 Å². The Morgan fingerprint density at radius 3 is 2.82 bits per heavy atom. The van der Waals surface area contributed by atoms with E-state index in [2.05, 4.69) is 4.72 Å². The Morgan fingerprint density at radius 1 is 1.47 bits per heavy atom. The first-order valence-corrected chi connectivity index (χ1v) is 6.93. The normalized spacial score (nSPS) is 20.6. The lowest BCUT2D eigenvalue weighted by Gasteiger charge is -2.13. The average molecular weight is 256 g/mol. The Morgan fingerprint density at radius 2 is 2.24 bits per heavy atom. The summed E-state index contributed by atoms with van der Waals surface area (Å²) >= 11 is 0. The fourth-order valence-corrected chi connectivity index (χ4v) is 3.37. The third kappa shape index (κ3) is 2.77. The van der Waals surface area contributed by atoms with Crippen LogP contribution in [-0.2, 0) is 14.8 Å². The maximum atomic E-state index is 12.1. The molecule has 2 rings (SSSR count). The lowest BCUT2D eigenvalue weighted by molar-refractivity contribution is 0.192. The molecule has 1 aliphatic rings. The van der Waals surface area contributed by atoms with E-state index < -0.39 is 10.0 Å². The number of ether oxygens (including phenoxy) is 1. The fraction of sp³-hybridized carbons (Fsp3) is 0.455. The standard InChI is InChI=1S/C11H16N2O3S/c1-8-6-9(12)2-3-11(8)17(14,15)13-10-4-5-16-7-10/h2-3,6,10,13H,4-5,7,12H2,1H3. The zero-order valence-corrected chi connectivity index (χ0v) is 10.5. The summed E-state index contributed by atoms with van der Waals surface area (Å²) in [6, 6.07) is 4.65. The van der Waals surface area contributed by atoms with Gasteiger partial charge in [0.25, 0.3) is 0 Å². The van der Waals surface area contributed by atoms with E-state index in [0.29, 0.717) is 30.9 Å². The van der Waals surface area contributed by atoms with E-state index >= 15 is 0 Å². The molecule has 1 aromatic rings. The van der Waals surface area contributed by atoms with Gasteiger partial charge in [-0.05, 0) is 37.1 Å². The summed E-state index contributed by atoms with van der Waals surface area (Å²) < 4.78 is 32.0. The van der Waals surface area contributed by atoms with E-state index in [1.54, 1.807) is 19.1 Å². The first-order valence-electron chi connectivity index (χ1n) is 5.45. The van der Waals surface area contributed by atoms with E-state index in [9.17, 15) is 8.42 Å². The van der Waals surface area contributed by atoms with Gasteiger partial charge in [-0.15, -0.1) is 0 Å². The summed E-state index contributed by atoms with van der Waals surface area (Å²) in [6.07, 6.45) is 0.716. The average Bonchev–Trinajstić information content (AvgIpc) is 2.68. The molecule has 1 heterocycles. The molecule has 3 N–H and O–H groups in total. The summed E-state index contributed by atoms with van der Waals surface area (Å²) in [6.45, 7) is 2.78. The summed E-state index contributed by atoms with van der Waals surface area (Å²) in [5, 5.41) is 0. The minimum Gasteiger partial charge on any atom is -0.399 e. The minimum absolute atomic E-state index is 0.128. The van der Waals surface area contributed by atoms with Gasteiger partial charge in [0, 0.05) is 18.3 Å². The van der Waals surface area contributed by atoms with Crippen LogP contribution in [0.4, 0.5) is 5.69 Å². The highest BCUT2D eigenvalue weighted by atomic mass is 32.2. The van der Waals surface area contributed by atoms with Gasteiger partial charge >= 0.3 is 0 Å². The second-order valence-corrected chi connectivity index (χ2v) is 5.89. The highest BCUT2D eigenvalue weighted by Gasteiger charge is 2.24. The van der Waals surface area contributed by atoms with Crippen molar-refractivity contribution < 1.29 is 13.2 Å². The molecule has 0 radical (unpaired) electrons. The highest BCUT2D eigenvalue weighted by molar-refractivity contribution is 7.89. The predicted octanol–water partition coefficient (Wildman–Crippen LogP) is 0.644. The third-order valence-electron chi connectivity index (χ3n) is 2.74. The van der Waals surface area contributed by atoms with Gasteiger partial charge in [0.1, 0.15) is 0 Å². The van der Waals surface area contributed by atoms with Crippen LogP contribution in [0.2, 0.25) is 0 Å². The summed E-state index contributed by atoms with van der Waals surface area (Å²) in [4.78, 5) is 0.276. The van der Waals surface area contributed by atoms with Crippen LogP contribution >= 0.6 is 0 Å². The molecule has 17 heavy (non-hydrogen) atoms. The molecule has 0 amide bonds. The van der Waals surface area contributed by atoms with Gasteiger partial charge in [-0.3, -0.25) is 0 Å². The molecular weight excluding hydrogens is 240 g/mol. The molecule has 0 saturated carbocycles. The molecule has 1 atom stereocenters. The molecule has 6 heteroatoms. The molecule has 1 unspecified atom stereocenters. The van der Waals surface area contributed by atoms with Crippen molar-refractivity contribution in [3.63, 3.8) is 0 Å². The number of nitrogens with two attached hydrogens (primary N) is 1. The maximum absolute atomic E-state index is 12.1. The molecule has 0 spiro atoms. The second-order valence-electron chi connectivity index (χ2n) is 4.21. The van der Waals surface area contributed by atoms with Crippen LogP contribution in [0.25, 0.3) is 0 Å². The lowest BCUT2D eigenvalue weighted by atomic mass is 10.2. The molecule has 94 valence electrons. The number of nitrogens with one attached hydrogen (secondary N) is 1. The van der Waals surface area contributed by atoms with Gasteiger partial charge in [0.15, 0.2) is 0 Å². The van der Waals surface area contributed by atoms with Crippen molar-refractivity contribution in [3.05, 3.63) is 23.8 Å². The van der Waals surface area contributed by atoms with Crippen molar-refractivity contribution in [1.29, 1.82) is 0 Å². The van der Waals surface area contributed by atoms with Gasteiger partial charge in [-0.25, -0.2) is 13.1 Å². The summed E-state index contributed by atoms with van der Waals surface area (Å²) in [7, 11) is -3.48. The third-order valence-corrected chi connectivity index (χ3v) is 4.42. The van der Waals surface area contributed by atoms with Crippen LogP contribution in [0.15, 0.2) is 23.1 Å². The first-order chi connectivity index (χ1) is 7.99. The Hall–Kier alpha value is -1.11. The molecule has 0 aromatic heterocycles. The van der Waals surface area contributed by atoms with Crippen molar-refractivity contribution >= 4 is 15.7 Å². The molecule has 1 saturated heterocycles. The number of benzene rings is 1. The second kappa shape index (κ2) is 4.64. The number of hydrogen-bond acceptors (Lipinski definition) is 4. The quantitative estimate of drug-likeness (QED) is 0.778. The fourth-order valence-electron chi connectivity index (χ4n) is 1.88. The Kier molecular flexibility index (Phi) is 3.37. The molecule has 1 aromatic carbocycles. The molecule has 0 aliphatic carbocycles. The van der Waals surface area contributed by atoms with Crippen molar-refractivity contribution in [1.82, 2.24) is 4.72 Å². The molecule has 1 fully saturated rings. The molecule has 1 aliphatic heterocycles. The molecule has 0 bridgehead atoms. The van der Waals surface area contributed by atoms with Crippen molar-refractivity contribution in [2.24, 2.45) is 0 Å². The van der Waals surface area contributed by atoms with Gasteiger partial charge < -0.3 is 10.5 Å². The van der Waals surface area contributed by atoms with Crippen LogP contribution in [0.5, 0.6) is 0 Å². The van der Waals surface area contributed by atoms with E-state index in [0.717, 1.165) is 0 Å². The summed E-state index contributed by atoms with van der Waals surface area (Å²) in [5.74, 6) is 0. The number of sulfonamides is 1. The Bertz CT molecular complexity index is 507. The van der Waals surface area contributed by atoms with E-state index in [1.807, 2.05) is 0 Å². The van der Waals surface area contributed by atoms with Crippen LogP contribution in [0.1, 0.15) is 12.0 Å². The van der Waals surface area contributed by atoms with Crippen LogP contribution in [-0.4, -0.2) is 27.7 Å². The van der Waals surface area contributed by atoms with Crippen molar-refractivity contribution in [2.45, 2.75) is 24.3 Å². The Labute approximate surface area is 101 Å². The van der Waals surface area contributed by atoms with Crippen LogP contribution < -0.4 is 10.5 Å².